The summed E-state index contributed by atoms with van der Waals surface area (Å²) in [6, 6.07) is 8.50. The van der Waals surface area contributed by atoms with E-state index in [1.54, 1.807) is 0 Å². The highest BCUT2D eigenvalue weighted by Crippen LogP contribution is 2.58. The van der Waals surface area contributed by atoms with Crippen molar-refractivity contribution in [2.45, 2.75) is 39.2 Å². The van der Waals surface area contributed by atoms with E-state index < -0.39 is 0 Å². The Morgan fingerprint density at radius 2 is 1.90 bits per heavy atom. The van der Waals surface area contributed by atoms with Crippen LogP contribution in [0.3, 0.4) is 0 Å². The number of benzene rings is 1. The molecule has 2 atom stereocenters. The maximum atomic E-state index is 12.3. The molecule has 4 heteroatoms. The predicted molar refractivity (Wildman–Crippen MR) is 128 cm³/mol. The molecule has 164 valence electrons. The molecule has 31 heavy (non-hydrogen) atoms. The van der Waals surface area contributed by atoms with Crippen molar-refractivity contribution in [3.05, 3.63) is 59.3 Å². The lowest BCUT2D eigenvalue weighted by Crippen LogP contribution is -2.50. The van der Waals surface area contributed by atoms with E-state index in [2.05, 4.69) is 85.0 Å². The number of rotatable bonds is 5. The first-order valence-corrected chi connectivity index (χ1v) is 11.8. The molecule has 1 saturated carbocycles. The van der Waals surface area contributed by atoms with Gasteiger partial charge in [-0.25, -0.2) is 0 Å². The van der Waals surface area contributed by atoms with E-state index >= 15 is 0 Å². The molecule has 1 aromatic carbocycles. The number of carbonyl (C=O) groups is 1. The molecule has 2 unspecified atom stereocenters. The van der Waals surface area contributed by atoms with E-state index in [0.29, 0.717) is 5.92 Å². The highest BCUT2D eigenvalue weighted by Gasteiger charge is 2.58. The summed E-state index contributed by atoms with van der Waals surface area (Å²) in [4.78, 5) is 19.7. The van der Waals surface area contributed by atoms with Crippen LogP contribution in [0.1, 0.15) is 39.2 Å². The lowest BCUT2D eigenvalue weighted by molar-refractivity contribution is -0.103. The van der Waals surface area contributed by atoms with Crippen molar-refractivity contribution in [3.63, 3.8) is 0 Å². The van der Waals surface area contributed by atoms with E-state index in [9.17, 15) is 4.79 Å². The van der Waals surface area contributed by atoms with Gasteiger partial charge in [-0.2, -0.15) is 0 Å². The highest BCUT2D eigenvalue weighted by atomic mass is 16.1. The minimum absolute atomic E-state index is 0.0513. The fourth-order valence-corrected chi connectivity index (χ4v) is 5.51. The van der Waals surface area contributed by atoms with Crippen molar-refractivity contribution < 1.29 is 4.79 Å². The molecule has 2 aliphatic heterocycles. The standard InChI is InChI=1S/C27H35N3O/c1-5-26(2,3)20-10-11-27(17-21(27)16-20)30-18-25(29-14-12-28(4)13-15-29)23(19-31)22-8-6-7-9-24(22)30/h6-11,16,19,21H,5,12-15,17-18H2,1-4H3. The summed E-state index contributed by atoms with van der Waals surface area (Å²) in [5, 5.41) is 0. The number of likely N-dealkylation sites (N-methyl/N-ethyl adjacent to an activating group) is 1. The zero-order chi connectivity index (χ0) is 21.8. The lowest BCUT2D eigenvalue weighted by atomic mass is 9.78. The molecule has 0 bridgehead atoms. The minimum Gasteiger partial charge on any atom is -0.370 e. The molecule has 4 nitrogen and oxygen atoms in total. The number of anilines is 1. The third-order valence-corrected chi connectivity index (χ3v) is 8.24. The van der Waals surface area contributed by atoms with Crippen LogP contribution in [0.2, 0.25) is 0 Å². The SMILES string of the molecule is CCC(C)(C)C1=CC2CC2(N2CC(N3CCN(C)CC3)=C(C=O)c3ccccc32)C=C1. The quantitative estimate of drug-likeness (QED) is 0.666. The van der Waals surface area contributed by atoms with Crippen LogP contribution in [0, 0.1) is 11.3 Å². The number of piperazine rings is 1. The molecule has 0 aromatic heterocycles. The van der Waals surface area contributed by atoms with Crippen molar-refractivity contribution in [1.82, 2.24) is 9.80 Å². The molecule has 2 aliphatic carbocycles. The highest BCUT2D eigenvalue weighted by molar-refractivity contribution is 6.12. The first-order chi connectivity index (χ1) is 14.9. The monoisotopic (exact) mass is 417 g/mol. The molecule has 1 saturated heterocycles. The molecular formula is C27H35N3O. The van der Waals surface area contributed by atoms with Crippen molar-refractivity contribution in [2.24, 2.45) is 11.3 Å². The molecular weight excluding hydrogens is 382 g/mol. The molecule has 0 N–H and O–H groups in total. The summed E-state index contributed by atoms with van der Waals surface area (Å²) in [6.45, 7) is 11.8. The number of hydrogen-bond donors (Lipinski definition) is 0. The van der Waals surface area contributed by atoms with Gasteiger partial charge >= 0.3 is 0 Å². The lowest BCUT2D eigenvalue weighted by Gasteiger charge is -2.44. The smallest absolute Gasteiger partial charge is 0.152 e. The van der Waals surface area contributed by atoms with Crippen LogP contribution in [0.4, 0.5) is 5.69 Å². The number of para-hydroxylation sites is 1. The summed E-state index contributed by atoms with van der Waals surface area (Å²) in [5.41, 5.74) is 6.14. The molecule has 0 amide bonds. The third-order valence-electron chi connectivity index (χ3n) is 8.24. The number of hydrogen-bond acceptors (Lipinski definition) is 4. The maximum Gasteiger partial charge on any atom is 0.152 e. The summed E-state index contributed by atoms with van der Waals surface area (Å²) < 4.78 is 0. The van der Waals surface area contributed by atoms with Crippen molar-refractivity contribution in [3.8, 4) is 0 Å². The van der Waals surface area contributed by atoms with Gasteiger partial charge in [0.25, 0.3) is 0 Å². The van der Waals surface area contributed by atoms with Gasteiger partial charge in [-0.15, -0.1) is 0 Å². The predicted octanol–water partition coefficient (Wildman–Crippen LogP) is 4.36. The van der Waals surface area contributed by atoms with E-state index in [1.807, 2.05) is 0 Å². The average molecular weight is 418 g/mol. The van der Waals surface area contributed by atoms with Crippen LogP contribution >= 0.6 is 0 Å². The van der Waals surface area contributed by atoms with Gasteiger partial charge < -0.3 is 14.7 Å². The number of aldehydes is 1. The van der Waals surface area contributed by atoms with E-state index in [-0.39, 0.29) is 11.0 Å². The van der Waals surface area contributed by atoms with Crippen LogP contribution < -0.4 is 4.90 Å². The molecule has 2 fully saturated rings. The van der Waals surface area contributed by atoms with Gasteiger partial charge in [0.2, 0.25) is 0 Å². The molecule has 0 spiro atoms. The fourth-order valence-electron chi connectivity index (χ4n) is 5.51. The van der Waals surface area contributed by atoms with Gasteiger partial charge in [0, 0.05) is 54.6 Å². The van der Waals surface area contributed by atoms with Crippen LogP contribution in [0.25, 0.3) is 5.57 Å². The summed E-state index contributed by atoms with van der Waals surface area (Å²) >= 11 is 0. The third kappa shape index (κ3) is 3.27. The Labute approximate surface area is 186 Å². The topological polar surface area (TPSA) is 26.8 Å². The van der Waals surface area contributed by atoms with Gasteiger partial charge in [-0.3, -0.25) is 4.79 Å². The first kappa shape index (κ1) is 20.6. The zero-order valence-electron chi connectivity index (χ0n) is 19.4. The van der Waals surface area contributed by atoms with Crippen LogP contribution in [-0.2, 0) is 4.79 Å². The van der Waals surface area contributed by atoms with Gasteiger partial charge in [-0.1, -0.05) is 57.2 Å². The second-order valence-corrected chi connectivity index (χ2v) is 10.4. The van der Waals surface area contributed by atoms with Gasteiger partial charge in [0.1, 0.15) is 0 Å². The number of nitrogens with zero attached hydrogens (tertiary/aromatic N) is 3. The summed E-state index contributed by atoms with van der Waals surface area (Å²) in [5.74, 6) is 0.554. The van der Waals surface area contributed by atoms with E-state index in [4.69, 9.17) is 0 Å². The first-order valence-electron chi connectivity index (χ1n) is 11.8. The second-order valence-electron chi connectivity index (χ2n) is 10.4. The Morgan fingerprint density at radius 1 is 1.16 bits per heavy atom. The Kier molecular flexibility index (Phi) is 4.89. The largest absolute Gasteiger partial charge is 0.370 e. The summed E-state index contributed by atoms with van der Waals surface area (Å²) in [7, 11) is 2.18. The van der Waals surface area contributed by atoms with Crippen molar-refractivity contribution >= 4 is 17.5 Å². The van der Waals surface area contributed by atoms with Crippen LogP contribution in [-0.4, -0.2) is 61.4 Å². The number of fused-ring (bicyclic) bond motifs is 2. The zero-order valence-corrected chi connectivity index (χ0v) is 19.4. The Balaban J connectivity index is 1.52. The van der Waals surface area contributed by atoms with Gasteiger partial charge in [0.05, 0.1) is 12.1 Å². The van der Waals surface area contributed by atoms with Crippen molar-refractivity contribution in [1.29, 1.82) is 0 Å². The Morgan fingerprint density at radius 3 is 2.58 bits per heavy atom. The molecule has 4 aliphatic rings. The van der Waals surface area contributed by atoms with Crippen LogP contribution in [0.15, 0.2) is 53.8 Å². The van der Waals surface area contributed by atoms with Gasteiger partial charge in [0.15, 0.2) is 6.29 Å². The molecule has 1 aromatic rings. The molecule has 0 radical (unpaired) electrons. The van der Waals surface area contributed by atoms with Crippen LogP contribution in [0.5, 0.6) is 0 Å². The van der Waals surface area contributed by atoms with E-state index in [1.165, 1.54) is 17.0 Å². The van der Waals surface area contributed by atoms with Crippen molar-refractivity contribution in [2.75, 3.05) is 44.7 Å². The molecule has 5 rings (SSSR count). The van der Waals surface area contributed by atoms with Gasteiger partial charge in [-0.05, 0) is 36.9 Å². The normalized spacial score (nSPS) is 28.3. The fraction of sp³-hybridized carbons (Fsp3) is 0.519. The Bertz CT molecular complexity index is 980. The number of carbonyl (C=O) groups excluding carboxylic acids is 1. The number of allylic oxidation sites excluding steroid dienone is 3. The maximum absolute atomic E-state index is 12.3. The minimum atomic E-state index is 0.0513. The Hall–Kier alpha value is -2.33. The second kappa shape index (κ2) is 7.37. The average Bonchev–Trinajstić information content (AvgIpc) is 3.53. The molecule has 2 heterocycles. The van der Waals surface area contributed by atoms with E-state index in [0.717, 1.165) is 63.0 Å². The summed E-state index contributed by atoms with van der Waals surface area (Å²) in [6.07, 6.45) is 10.8.